The normalized spacial score (nSPS) is 21.5. The van der Waals surface area contributed by atoms with Crippen LogP contribution in [0.25, 0.3) is 0 Å². The lowest BCUT2D eigenvalue weighted by atomic mass is 9.75. The van der Waals surface area contributed by atoms with Crippen molar-refractivity contribution in [3.8, 4) is 5.75 Å². The van der Waals surface area contributed by atoms with Crippen LogP contribution in [0.4, 0.5) is 4.39 Å². The molecule has 1 atom stereocenters. The molecule has 4 nitrogen and oxygen atoms in total. The summed E-state index contributed by atoms with van der Waals surface area (Å²) in [5.74, 6) is 0.362. The quantitative estimate of drug-likeness (QED) is 0.926. The standard InChI is InChI=1S/C18H24FNO3/c1-12(11-21)9-20-10-13-7-16(19)17(23-2)8-15(13)18(20)5-3-14(22)4-6-18/h7-8,12,21H,3-6,9-11H2,1-2H3/t12-/m1/s1. The summed E-state index contributed by atoms with van der Waals surface area (Å²) in [7, 11) is 1.47. The minimum atomic E-state index is -0.342. The fourth-order valence-corrected chi connectivity index (χ4v) is 4.04. The summed E-state index contributed by atoms with van der Waals surface area (Å²) >= 11 is 0. The van der Waals surface area contributed by atoms with Gasteiger partial charge in [-0.3, -0.25) is 9.69 Å². The number of Topliss-reactive ketones (excluding diaryl/α,β-unsaturated/α-hetero) is 1. The van der Waals surface area contributed by atoms with E-state index in [0.29, 0.717) is 25.2 Å². The van der Waals surface area contributed by atoms with Gasteiger partial charge in [-0.2, -0.15) is 0 Å². The van der Waals surface area contributed by atoms with Crippen molar-refractivity contribution >= 4 is 5.78 Å². The van der Waals surface area contributed by atoms with Gasteiger partial charge in [-0.15, -0.1) is 0 Å². The number of aliphatic hydroxyl groups excluding tert-OH is 1. The van der Waals surface area contributed by atoms with E-state index in [0.717, 1.165) is 30.5 Å². The van der Waals surface area contributed by atoms with Crippen LogP contribution in [0.5, 0.6) is 5.75 Å². The minimum Gasteiger partial charge on any atom is -0.494 e. The number of aliphatic hydroxyl groups is 1. The zero-order chi connectivity index (χ0) is 16.6. The van der Waals surface area contributed by atoms with Crippen molar-refractivity contribution < 1.29 is 19.0 Å². The Hall–Kier alpha value is -1.46. The van der Waals surface area contributed by atoms with Gasteiger partial charge >= 0.3 is 0 Å². The molecule has 23 heavy (non-hydrogen) atoms. The predicted octanol–water partition coefficient (Wildman–Crippen LogP) is 2.62. The number of hydrogen-bond donors (Lipinski definition) is 1. The lowest BCUT2D eigenvalue weighted by Gasteiger charge is -2.43. The number of carbonyl (C=O) groups excluding carboxylic acids is 1. The van der Waals surface area contributed by atoms with E-state index < -0.39 is 0 Å². The van der Waals surface area contributed by atoms with E-state index in [-0.39, 0.29) is 29.6 Å². The molecular weight excluding hydrogens is 297 g/mol. The SMILES string of the molecule is COc1cc2c(cc1F)CN(C[C@@H](C)CO)C21CCC(=O)CC1. The van der Waals surface area contributed by atoms with Crippen LogP contribution in [0.1, 0.15) is 43.7 Å². The van der Waals surface area contributed by atoms with Crippen molar-refractivity contribution in [2.24, 2.45) is 5.92 Å². The zero-order valence-electron chi connectivity index (χ0n) is 13.8. The molecule has 1 N–H and O–H groups in total. The average Bonchev–Trinajstić information content (AvgIpc) is 2.82. The second kappa shape index (κ2) is 6.21. The second-order valence-electron chi connectivity index (χ2n) is 6.88. The smallest absolute Gasteiger partial charge is 0.165 e. The summed E-state index contributed by atoms with van der Waals surface area (Å²) in [4.78, 5) is 14.1. The lowest BCUT2D eigenvalue weighted by molar-refractivity contribution is -0.123. The van der Waals surface area contributed by atoms with Crippen LogP contribution < -0.4 is 4.74 Å². The third-order valence-electron chi connectivity index (χ3n) is 5.32. The van der Waals surface area contributed by atoms with E-state index in [1.54, 1.807) is 6.07 Å². The fourth-order valence-electron chi connectivity index (χ4n) is 4.04. The van der Waals surface area contributed by atoms with Crippen molar-refractivity contribution in [3.63, 3.8) is 0 Å². The van der Waals surface area contributed by atoms with Gasteiger partial charge in [-0.1, -0.05) is 6.92 Å². The molecule has 0 unspecified atom stereocenters. The number of ether oxygens (including phenoxy) is 1. The number of nitrogens with zero attached hydrogens (tertiary/aromatic N) is 1. The Kier molecular flexibility index (Phi) is 4.43. The Bertz CT molecular complexity index is 607. The van der Waals surface area contributed by atoms with Crippen LogP contribution in [0.2, 0.25) is 0 Å². The number of rotatable bonds is 4. The Morgan fingerprint density at radius 1 is 1.39 bits per heavy atom. The van der Waals surface area contributed by atoms with Gasteiger partial charge in [0.15, 0.2) is 11.6 Å². The van der Waals surface area contributed by atoms with Crippen LogP contribution >= 0.6 is 0 Å². The molecule has 0 saturated heterocycles. The Morgan fingerprint density at radius 3 is 2.70 bits per heavy atom. The molecule has 1 fully saturated rings. The minimum absolute atomic E-state index is 0.125. The molecule has 126 valence electrons. The van der Waals surface area contributed by atoms with Crippen LogP contribution in [0.15, 0.2) is 12.1 Å². The monoisotopic (exact) mass is 321 g/mol. The van der Waals surface area contributed by atoms with Gasteiger partial charge in [-0.25, -0.2) is 4.39 Å². The van der Waals surface area contributed by atoms with E-state index in [9.17, 15) is 14.3 Å². The predicted molar refractivity (Wildman–Crippen MR) is 84.8 cm³/mol. The van der Waals surface area contributed by atoms with Gasteiger partial charge in [0.05, 0.1) is 7.11 Å². The van der Waals surface area contributed by atoms with Gasteiger partial charge in [0.1, 0.15) is 5.78 Å². The number of ketones is 1. The first-order valence-electron chi connectivity index (χ1n) is 8.24. The molecule has 5 heteroatoms. The highest BCUT2D eigenvalue weighted by molar-refractivity contribution is 5.79. The Morgan fingerprint density at radius 2 is 2.09 bits per heavy atom. The summed E-state index contributed by atoms with van der Waals surface area (Å²) in [5.41, 5.74) is 1.84. The first-order chi connectivity index (χ1) is 11.0. The summed E-state index contributed by atoms with van der Waals surface area (Å²) in [6.45, 7) is 3.53. The summed E-state index contributed by atoms with van der Waals surface area (Å²) < 4.78 is 19.2. The third-order valence-corrected chi connectivity index (χ3v) is 5.32. The maximum absolute atomic E-state index is 14.1. The van der Waals surface area contributed by atoms with Crippen molar-refractivity contribution in [3.05, 3.63) is 29.1 Å². The van der Waals surface area contributed by atoms with Gasteiger partial charge in [0.2, 0.25) is 0 Å². The summed E-state index contributed by atoms with van der Waals surface area (Å²) in [6.07, 6.45) is 2.63. The largest absolute Gasteiger partial charge is 0.494 e. The molecule has 0 aromatic heterocycles. The van der Waals surface area contributed by atoms with E-state index >= 15 is 0 Å². The maximum Gasteiger partial charge on any atom is 0.165 e. The number of hydrogen-bond acceptors (Lipinski definition) is 4. The zero-order valence-corrected chi connectivity index (χ0v) is 13.8. The molecule has 0 amide bonds. The highest BCUT2D eigenvalue weighted by atomic mass is 19.1. The highest BCUT2D eigenvalue weighted by Gasteiger charge is 2.47. The third kappa shape index (κ3) is 2.76. The molecule has 0 radical (unpaired) electrons. The van der Waals surface area contributed by atoms with Gasteiger partial charge in [0.25, 0.3) is 0 Å². The molecule has 1 spiro atoms. The topological polar surface area (TPSA) is 49.8 Å². The van der Waals surface area contributed by atoms with Crippen molar-refractivity contribution in [2.45, 2.75) is 44.7 Å². The number of benzene rings is 1. The van der Waals surface area contributed by atoms with Crippen LogP contribution in [0.3, 0.4) is 0 Å². The van der Waals surface area contributed by atoms with Crippen LogP contribution in [0, 0.1) is 11.7 Å². The molecule has 1 aliphatic heterocycles. The molecule has 1 aromatic rings. The maximum atomic E-state index is 14.1. The Labute approximate surface area is 136 Å². The first kappa shape index (κ1) is 16.4. The van der Waals surface area contributed by atoms with Gasteiger partial charge in [-0.05, 0) is 42.0 Å². The van der Waals surface area contributed by atoms with Gasteiger partial charge in [0, 0.05) is 38.1 Å². The van der Waals surface area contributed by atoms with Crippen molar-refractivity contribution in [1.82, 2.24) is 4.90 Å². The molecule has 1 aromatic carbocycles. The average molecular weight is 321 g/mol. The van der Waals surface area contributed by atoms with Crippen LogP contribution in [-0.2, 0) is 16.9 Å². The van der Waals surface area contributed by atoms with E-state index in [2.05, 4.69) is 4.90 Å². The molecule has 1 aliphatic carbocycles. The molecule has 0 bridgehead atoms. The van der Waals surface area contributed by atoms with E-state index in [1.807, 2.05) is 13.0 Å². The molecule has 1 saturated carbocycles. The van der Waals surface area contributed by atoms with E-state index in [1.165, 1.54) is 7.11 Å². The highest BCUT2D eigenvalue weighted by Crippen LogP contribution is 2.49. The summed E-state index contributed by atoms with van der Waals surface area (Å²) in [6, 6.07) is 3.38. The van der Waals surface area contributed by atoms with E-state index in [4.69, 9.17) is 4.74 Å². The van der Waals surface area contributed by atoms with Crippen molar-refractivity contribution in [1.29, 1.82) is 0 Å². The number of halogens is 1. The van der Waals surface area contributed by atoms with Crippen LogP contribution in [-0.4, -0.2) is 36.1 Å². The Balaban J connectivity index is 2.02. The molecule has 3 rings (SSSR count). The lowest BCUT2D eigenvalue weighted by Crippen LogP contribution is -2.46. The molecule has 1 heterocycles. The van der Waals surface area contributed by atoms with Gasteiger partial charge < -0.3 is 9.84 Å². The summed E-state index contributed by atoms with van der Waals surface area (Å²) in [5, 5.41) is 9.41. The second-order valence-corrected chi connectivity index (χ2v) is 6.88. The number of methoxy groups -OCH3 is 1. The number of fused-ring (bicyclic) bond motifs is 2. The van der Waals surface area contributed by atoms with Crippen molar-refractivity contribution in [2.75, 3.05) is 20.3 Å². The first-order valence-corrected chi connectivity index (χ1v) is 8.24. The molecule has 2 aliphatic rings. The fraction of sp³-hybridized carbons (Fsp3) is 0.611. The molecular formula is C18H24FNO3. The number of carbonyl (C=O) groups is 1.